The lowest BCUT2D eigenvalue weighted by Gasteiger charge is -2.45. The Kier molecular flexibility index (Phi) is 5.31. The number of morpholine rings is 1. The molecule has 0 radical (unpaired) electrons. The van der Waals surface area contributed by atoms with Gasteiger partial charge in [0.1, 0.15) is 0 Å². The Balaban J connectivity index is 1.53. The average molecular weight is 343 g/mol. The predicted molar refractivity (Wildman–Crippen MR) is 91.9 cm³/mol. The molecule has 3 aliphatic rings. The van der Waals surface area contributed by atoms with E-state index in [0.717, 1.165) is 25.2 Å². The molecular formula is C17H30N2O3S. The highest BCUT2D eigenvalue weighted by Crippen LogP contribution is 2.33. The second kappa shape index (κ2) is 7.09. The van der Waals surface area contributed by atoms with Crippen molar-refractivity contribution in [2.24, 2.45) is 10.3 Å². The molecule has 3 fully saturated rings. The number of rotatable bonds is 3. The van der Waals surface area contributed by atoms with Crippen molar-refractivity contribution in [3.8, 4) is 0 Å². The molecule has 0 bridgehead atoms. The fourth-order valence-electron chi connectivity index (χ4n) is 4.25. The topological polar surface area (TPSA) is 59.0 Å². The van der Waals surface area contributed by atoms with Crippen LogP contribution in [0.25, 0.3) is 0 Å². The molecule has 1 spiro atoms. The molecule has 0 aromatic heterocycles. The highest BCUT2D eigenvalue weighted by molar-refractivity contribution is 7.93. The molecule has 0 unspecified atom stereocenters. The van der Waals surface area contributed by atoms with Crippen LogP contribution in [-0.4, -0.2) is 58.9 Å². The zero-order chi connectivity index (χ0) is 16.3. The highest BCUT2D eigenvalue weighted by atomic mass is 32.2. The van der Waals surface area contributed by atoms with E-state index < -0.39 is 9.73 Å². The first-order valence-electron chi connectivity index (χ1n) is 9.07. The molecule has 0 N–H and O–H groups in total. The monoisotopic (exact) mass is 342 g/mol. The van der Waals surface area contributed by atoms with E-state index in [1.807, 2.05) is 4.90 Å². The van der Waals surface area contributed by atoms with Crippen LogP contribution in [0, 0.1) is 5.92 Å². The number of carbonyl (C=O) groups excluding carboxylic acids is 1. The Morgan fingerprint density at radius 1 is 1.30 bits per heavy atom. The zero-order valence-electron chi connectivity index (χ0n) is 14.3. The van der Waals surface area contributed by atoms with Gasteiger partial charge < -0.3 is 9.64 Å². The highest BCUT2D eigenvalue weighted by Gasteiger charge is 2.42. The van der Waals surface area contributed by atoms with Crippen LogP contribution in [0.3, 0.4) is 0 Å². The van der Waals surface area contributed by atoms with Crippen LogP contribution >= 0.6 is 0 Å². The van der Waals surface area contributed by atoms with Crippen molar-refractivity contribution in [3.05, 3.63) is 0 Å². The molecule has 0 aromatic rings. The molecule has 5 nitrogen and oxygen atoms in total. The van der Waals surface area contributed by atoms with Crippen molar-refractivity contribution in [1.82, 2.24) is 4.90 Å². The molecule has 3 rings (SSSR count). The maximum atomic E-state index is 12.6. The average Bonchev–Trinajstić information content (AvgIpc) is 3.10. The van der Waals surface area contributed by atoms with E-state index in [0.29, 0.717) is 37.6 Å². The quantitative estimate of drug-likeness (QED) is 0.791. The van der Waals surface area contributed by atoms with Gasteiger partial charge in [0.2, 0.25) is 5.91 Å². The lowest BCUT2D eigenvalue weighted by Crippen LogP contribution is -2.56. The van der Waals surface area contributed by atoms with Crippen molar-refractivity contribution in [3.63, 3.8) is 0 Å². The second-order valence-electron chi connectivity index (χ2n) is 7.40. The summed E-state index contributed by atoms with van der Waals surface area (Å²) in [6, 6.07) is 0. The second-order valence-corrected chi connectivity index (χ2v) is 10.1. The van der Waals surface area contributed by atoms with Gasteiger partial charge in [-0.05, 0) is 25.2 Å². The minimum absolute atomic E-state index is 0.271. The normalized spacial score (nSPS) is 35.6. The number of ether oxygens (including phenoxy) is 1. The summed E-state index contributed by atoms with van der Waals surface area (Å²) in [5, 5.41) is 0. The van der Waals surface area contributed by atoms with Crippen LogP contribution in [0.2, 0.25) is 0 Å². The van der Waals surface area contributed by atoms with Crippen LogP contribution in [0.4, 0.5) is 0 Å². The van der Waals surface area contributed by atoms with Gasteiger partial charge in [-0.3, -0.25) is 4.79 Å². The van der Waals surface area contributed by atoms with E-state index in [2.05, 4.69) is 4.36 Å². The molecule has 6 heteroatoms. The van der Waals surface area contributed by atoms with Gasteiger partial charge in [0.15, 0.2) is 0 Å². The fraction of sp³-hybridized carbons (Fsp3) is 0.941. The van der Waals surface area contributed by atoms with Crippen molar-refractivity contribution >= 4 is 15.6 Å². The van der Waals surface area contributed by atoms with Crippen LogP contribution < -0.4 is 0 Å². The van der Waals surface area contributed by atoms with Gasteiger partial charge in [-0.15, -0.1) is 0 Å². The largest absolute Gasteiger partial charge is 0.371 e. The van der Waals surface area contributed by atoms with E-state index in [1.54, 1.807) is 7.05 Å². The maximum Gasteiger partial charge on any atom is 0.222 e. The van der Waals surface area contributed by atoms with Crippen LogP contribution in [0.1, 0.15) is 51.4 Å². The van der Waals surface area contributed by atoms with Gasteiger partial charge in [-0.25, -0.2) is 8.57 Å². The van der Waals surface area contributed by atoms with E-state index in [1.165, 1.54) is 25.7 Å². The lowest BCUT2D eigenvalue weighted by molar-refractivity contribution is -0.152. The minimum atomic E-state index is -2.02. The summed E-state index contributed by atoms with van der Waals surface area (Å²) in [5.74, 6) is 2.26. The number of carbonyl (C=O) groups is 1. The first-order valence-corrected chi connectivity index (χ1v) is 10.9. The standard InChI is InChI=1S/C17H30N2O3S/c1-18-23(21)12-8-17(9-13-23)14-19(10-11-22-17)16(20)7-6-15-4-2-3-5-15/h15H,2-14H2,1H3. The fourth-order valence-corrected chi connectivity index (χ4v) is 6.20. The number of nitrogens with zero attached hydrogens (tertiary/aromatic N) is 2. The number of amides is 1. The molecule has 23 heavy (non-hydrogen) atoms. The molecule has 1 amide bonds. The summed E-state index contributed by atoms with van der Waals surface area (Å²) in [6.07, 6.45) is 8.52. The summed E-state index contributed by atoms with van der Waals surface area (Å²) >= 11 is 0. The molecule has 132 valence electrons. The van der Waals surface area contributed by atoms with E-state index in [4.69, 9.17) is 4.74 Å². The van der Waals surface area contributed by atoms with Gasteiger partial charge in [-0.1, -0.05) is 25.7 Å². The minimum Gasteiger partial charge on any atom is -0.371 e. The molecule has 1 saturated carbocycles. The van der Waals surface area contributed by atoms with Crippen LogP contribution in [0.5, 0.6) is 0 Å². The molecule has 2 saturated heterocycles. The third kappa shape index (κ3) is 4.08. The molecule has 0 atom stereocenters. The van der Waals surface area contributed by atoms with E-state index in [-0.39, 0.29) is 11.5 Å². The van der Waals surface area contributed by atoms with Gasteiger partial charge in [0.25, 0.3) is 0 Å². The van der Waals surface area contributed by atoms with Gasteiger partial charge in [-0.2, -0.15) is 0 Å². The molecule has 2 aliphatic heterocycles. The smallest absolute Gasteiger partial charge is 0.222 e. The Labute approximate surface area is 140 Å². The SMILES string of the molecule is CN=S1(=O)CCC2(CC1)CN(C(=O)CCC1CCCC1)CCO2. The van der Waals surface area contributed by atoms with Crippen molar-refractivity contribution in [2.45, 2.75) is 57.0 Å². The molecule has 0 aromatic carbocycles. The Hall–Kier alpha value is -0.620. The van der Waals surface area contributed by atoms with Crippen LogP contribution in [-0.2, 0) is 19.3 Å². The van der Waals surface area contributed by atoms with E-state index in [9.17, 15) is 9.00 Å². The zero-order valence-corrected chi connectivity index (χ0v) is 15.1. The maximum absolute atomic E-state index is 12.6. The van der Waals surface area contributed by atoms with Crippen LogP contribution in [0.15, 0.2) is 4.36 Å². The Morgan fingerprint density at radius 3 is 2.65 bits per heavy atom. The lowest BCUT2D eigenvalue weighted by atomic mass is 9.93. The summed E-state index contributed by atoms with van der Waals surface area (Å²) in [7, 11) is -0.367. The molecule has 2 heterocycles. The summed E-state index contributed by atoms with van der Waals surface area (Å²) < 4.78 is 22.5. The summed E-state index contributed by atoms with van der Waals surface area (Å²) in [5.41, 5.74) is -0.271. The van der Waals surface area contributed by atoms with Gasteiger partial charge in [0.05, 0.1) is 12.2 Å². The Morgan fingerprint density at radius 2 is 2.00 bits per heavy atom. The van der Waals surface area contributed by atoms with Crippen molar-refractivity contribution in [2.75, 3.05) is 38.2 Å². The van der Waals surface area contributed by atoms with Gasteiger partial charge >= 0.3 is 0 Å². The third-order valence-corrected chi connectivity index (χ3v) is 8.28. The number of hydrogen-bond donors (Lipinski definition) is 0. The molecular weight excluding hydrogens is 312 g/mol. The molecule has 1 aliphatic carbocycles. The summed E-state index contributed by atoms with van der Waals surface area (Å²) in [4.78, 5) is 14.6. The Bertz CT molecular complexity index is 534. The first-order chi connectivity index (χ1) is 11.0. The summed E-state index contributed by atoms with van der Waals surface area (Å²) in [6.45, 7) is 1.99. The van der Waals surface area contributed by atoms with E-state index >= 15 is 0 Å². The third-order valence-electron chi connectivity index (χ3n) is 5.93. The first kappa shape index (κ1) is 17.2. The van der Waals surface area contributed by atoms with Crippen molar-refractivity contribution in [1.29, 1.82) is 0 Å². The number of hydrogen-bond acceptors (Lipinski definition) is 4. The predicted octanol–water partition coefficient (Wildman–Crippen LogP) is 2.45. The van der Waals surface area contributed by atoms with Gasteiger partial charge in [0, 0.05) is 47.8 Å². The van der Waals surface area contributed by atoms with Crippen molar-refractivity contribution < 1.29 is 13.7 Å².